The van der Waals surface area contributed by atoms with Crippen LogP contribution in [0.15, 0.2) is 12.1 Å². The van der Waals surface area contributed by atoms with Crippen molar-refractivity contribution in [2.75, 3.05) is 7.11 Å². The van der Waals surface area contributed by atoms with E-state index in [0.717, 1.165) is 24.0 Å². The Bertz CT molecular complexity index is 518. The van der Waals surface area contributed by atoms with Crippen molar-refractivity contribution in [3.63, 3.8) is 0 Å². The molecule has 0 unspecified atom stereocenters. The van der Waals surface area contributed by atoms with E-state index in [1.54, 1.807) is 6.07 Å². The van der Waals surface area contributed by atoms with Crippen molar-refractivity contribution >= 4 is 11.9 Å². The van der Waals surface area contributed by atoms with E-state index in [0.29, 0.717) is 23.6 Å². The van der Waals surface area contributed by atoms with Crippen molar-refractivity contribution in [1.82, 2.24) is 5.32 Å². The van der Waals surface area contributed by atoms with Crippen molar-refractivity contribution in [3.8, 4) is 0 Å². The first kappa shape index (κ1) is 10.3. The molecule has 88 valence electrons. The van der Waals surface area contributed by atoms with Gasteiger partial charge < -0.3 is 10.1 Å². The SMILES string of the molecule is COC(=O)c1cc2c(c(C3CC3)c1)CNC2=O. The van der Waals surface area contributed by atoms with E-state index in [1.807, 2.05) is 6.07 Å². The number of carbonyl (C=O) groups is 2. The van der Waals surface area contributed by atoms with Crippen LogP contribution in [0.2, 0.25) is 0 Å². The Morgan fingerprint density at radius 3 is 2.82 bits per heavy atom. The van der Waals surface area contributed by atoms with E-state index in [4.69, 9.17) is 4.74 Å². The van der Waals surface area contributed by atoms with Crippen LogP contribution >= 0.6 is 0 Å². The van der Waals surface area contributed by atoms with Crippen LogP contribution in [0.4, 0.5) is 0 Å². The summed E-state index contributed by atoms with van der Waals surface area (Å²) in [4.78, 5) is 23.2. The Morgan fingerprint density at radius 2 is 2.18 bits per heavy atom. The molecular formula is C13H13NO3. The van der Waals surface area contributed by atoms with Gasteiger partial charge in [0.15, 0.2) is 0 Å². The molecule has 1 aromatic rings. The van der Waals surface area contributed by atoms with E-state index in [9.17, 15) is 9.59 Å². The Morgan fingerprint density at radius 1 is 1.41 bits per heavy atom. The first-order chi connectivity index (χ1) is 8.20. The van der Waals surface area contributed by atoms with Gasteiger partial charge in [-0.2, -0.15) is 0 Å². The highest BCUT2D eigenvalue weighted by molar-refractivity contribution is 6.01. The van der Waals surface area contributed by atoms with Gasteiger partial charge in [-0.25, -0.2) is 4.79 Å². The number of fused-ring (bicyclic) bond motifs is 1. The molecule has 1 fully saturated rings. The van der Waals surface area contributed by atoms with Crippen molar-refractivity contribution in [1.29, 1.82) is 0 Å². The highest BCUT2D eigenvalue weighted by Gasteiger charge is 2.32. The molecule has 4 heteroatoms. The fourth-order valence-corrected chi connectivity index (χ4v) is 2.35. The zero-order valence-electron chi connectivity index (χ0n) is 9.58. The smallest absolute Gasteiger partial charge is 0.337 e. The van der Waals surface area contributed by atoms with Crippen molar-refractivity contribution < 1.29 is 14.3 Å². The summed E-state index contributed by atoms with van der Waals surface area (Å²) in [5.41, 5.74) is 3.31. The quantitative estimate of drug-likeness (QED) is 0.786. The molecule has 1 heterocycles. The summed E-state index contributed by atoms with van der Waals surface area (Å²) in [5.74, 6) is 0.0445. The third-order valence-electron chi connectivity index (χ3n) is 3.39. The standard InChI is InChI=1S/C13H13NO3/c1-17-13(16)8-4-9(7-2-3-7)11-6-14-12(15)10(11)5-8/h4-5,7H,2-3,6H2,1H3,(H,14,15). The zero-order valence-corrected chi connectivity index (χ0v) is 9.58. The van der Waals surface area contributed by atoms with Crippen molar-refractivity contribution in [2.45, 2.75) is 25.3 Å². The monoisotopic (exact) mass is 231 g/mol. The molecule has 4 nitrogen and oxygen atoms in total. The fourth-order valence-electron chi connectivity index (χ4n) is 2.35. The van der Waals surface area contributed by atoms with E-state index in [1.165, 1.54) is 7.11 Å². The zero-order chi connectivity index (χ0) is 12.0. The molecule has 1 amide bonds. The highest BCUT2D eigenvalue weighted by atomic mass is 16.5. The Kier molecular flexibility index (Phi) is 2.18. The van der Waals surface area contributed by atoms with Gasteiger partial charge in [-0.1, -0.05) is 0 Å². The second-order valence-corrected chi connectivity index (χ2v) is 4.54. The third-order valence-corrected chi connectivity index (χ3v) is 3.39. The average molecular weight is 231 g/mol. The van der Waals surface area contributed by atoms with Gasteiger partial charge in [0.1, 0.15) is 0 Å². The van der Waals surface area contributed by atoms with Crippen LogP contribution in [-0.2, 0) is 11.3 Å². The molecule has 1 aliphatic heterocycles. The number of carbonyl (C=O) groups excluding carboxylic acids is 2. The number of rotatable bonds is 2. The van der Waals surface area contributed by atoms with Crippen molar-refractivity contribution in [3.05, 3.63) is 34.4 Å². The molecule has 0 spiro atoms. The van der Waals surface area contributed by atoms with Crippen LogP contribution < -0.4 is 5.32 Å². The number of methoxy groups -OCH3 is 1. The maximum atomic E-state index is 11.7. The normalized spacial score (nSPS) is 17.6. The molecule has 0 bridgehead atoms. The first-order valence-electron chi connectivity index (χ1n) is 5.74. The predicted octanol–water partition coefficient (Wildman–Crippen LogP) is 1.59. The lowest BCUT2D eigenvalue weighted by atomic mass is 9.96. The second kappa shape index (κ2) is 3.58. The third kappa shape index (κ3) is 1.60. The number of ether oxygens (including phenoxy) is 1. The number of nitrogens with one attached hydrogen (secondary N) is 1. The van der Waals surface area contributed by atoms with Gasteiger partial charge in [-0.05, 0) is 42.0 Å². The minimum absolute atomic E-state index is 0.0901. The molecule has 2 aliphatic rings. The summed E-state index contributed by atoms with van der Waals surface area (Å²) < 4.78 is 4.72. The van der Waals surface area contributed by atoms with Gasteiger partial charge in [0, 0.05) is 12.1 Å². The topological polar surface area (TPSA) is 55.4 Å². The largest absolute Gasteiger partial charge is 0.465 e. The Labute approximate surface area is 99.0 Å². The summed E-state index contributed by atoms with van der Waals surface area (Å²) >= 11 is 0. The fraction of sp³-hybridized carbons (Fsp3) is 0.385. The Hall–Kier alpha value is -1.84. The molecular weight excluding hydrogens is 218 g/mol. The van der Waals surface area contributed by atoms with Gasteiger partial charge in [0.25, 0.3) is 5.91 Å². The average Bonchev–Trinajstić information content (AvgIpc) is 3.13. The Balaban J connectivity index is 2.14. The van der Waals surface area contributed by atoms with Gasteiger partial charge in [-0.15, -0.1) is 0 Å². The summed E-state index contributed by atoms with van der Waals surface area (Å²) in [6.07, 6.45) is 2.29. The van der Waals surface area contributed by atoms with E-state index < -0.39 is 0 Å². The van der Waals surface area contributed by atoms with Gasteiger partial charge in [-0.3, -0.25) is 4.79 Å². The summed E-state index contributed by atoms with van der Waals surface area (Å²) in [5, 5.41) is 2.80. The lowest BCUT2D eigenvalue weighted by molar-refractivity contribution is 0.0600. The van der Waals surface area contributed by atoms with Gasteiger partial charge >= 0.3 is 5.97 Å². The van der Waals surface area contributed by atoms with E-state index in [-0.39, 0.29) is 11.9 Å². The van der Waals surface area contributed by atoms with E-state index in [2.05, 4.69) is 5.32 Å². The van der Waals surface area contributed by atoms with Crippen LogP contribution in [0.25, 0.3) is 0 Å². The molecule has 1 N–H and O–H groups in total. The number of amides is 1. The van der Waals surface area contributed by atoms with Crippen molar-refractivity contribution in [2.24, 2.45) is 0 Å². The maximum Gasteiger partial charge on any atom is 0.337 e. The van der Waals surface area contributed by atoms with Crippen LogP contribution in [0.1, 0.15) is 50.6 Å². The molecule has 17 heavy (non-hydrogen) atoms. The number of benzene rings is 1. The second-order valence-electron chi connectivity index (χ2n) is 4.54. The number of hydrogen-bond donors (Lipinski definition) is 1. The summed E-state index contributed by atoms with van der Waals surface area (Å²) in [6.45, 7) is 0.585. The van der Waals surface area contributed by atoms with Crippen LogP contribution in [-0.4, -0.2) is 19.0 Å². The first-order valence-corrected chi connectivity index (χ1v) is 5.74. The minimum Gasteiger partial charge on any atom is -0.465 e. The maximum absolute atomic E-state index is 11.7. The minimum atomic E-state index is -0.380. The number of hydrogen-bond acceptors (Lipinski definition) is 3. The summed E-state index contributed by atoms with van der Waals surface area (Å²) in [7, 11) is 1.35. The molecule has 0 saturated heterocycles. The predicted molar refractivity (Wildman–Crippen MR) is 60.9 cm³/mol. The van der Waals surface area contributed by atoms with Crippen LogP contribution in [0.5, 0.6) is 0 Å². The number of esters is 1. The summed E-state index contributed by atoms with van der Waals surface area (Å²) in [6, 6.07) is 3.51. The molecule has 3 rings (SSSR count). The highest BCUT2D eigenvalue weighted by Crippen LogP contribution is 2.43. The molecule has 0 radical (unpaired) electrons. The van der Waals surface area contributed by atoms with Crippen LogP contribution in [0, 0.1) is 0 Å². The van der Waals surface area contributed by atoms with Crippen LogP contribution in [0.3, 0.4) is 0 Å². The molecule has 0 aromatic heterocycles. The molecule has 0 atom stereocenters. The lowest BCUT2D eigenvalue weighted by Crippen LogP contribution is -2.12. The van der Waals surface area contributed by atoms with E-state index >= 15 is 0 Å². The van der Waals surface area contributed by atoms with Gasteiger partial charge in [0.2, 0.25) is 0 Å². The van der Waals surface area contributed by atoms with Gasteiger partial charge in [0.05, 0.1) is 12.7 Å². The molecule has 1 saturated carbocycles. The lowest BCUT2D eigenvalue weighted by Gasteiger charge is -2.08. The molecule has 1 aromatic carbocycles. The molecule has 1 aliphatic carbocycles.